The van der Waals surface area contributed by atoms with Crippen LogP contribution in [0.2, 0.25) is 0 Å². The first-order valence-electron chi connectivity index (χ1n) is 6.77. The van der Waals surface area contributed by atoms with Crippen LogP contribution in [0.25, 0.3) is 10.2 Å². The van der Waals surface area contributed by atoms with Crippen LogP contribution in [0.3, 0.4) is 0 Å². The van der Waals surface area contributed by atoms with Crippen LogP contribution >= 0.6 is 11.3 Å². The van der Waals surface area contributed by atoms with Crippen molar-refractivity contribution < 1.29 is 18.7 Å². The second-order valence-electron chi connectivity index (χ2n) is 4.62. The number of benzene rings is 2. The van der Waals surface area contributed by atoms with Gasteiger partial charge in [0.15, 0.2) is 11.7 Å². The van der Waals surface area contributed by atoms with Gasteiger partial charge in [-0.3, -0.25) is 10.1 Å². The molecule has 1 amide bonds. The van der Waals surface area contributed by atoms with E-state index in [9.17, 15) is 9.18 Å². The lowest BCUT2D eigenvalue weighted by Crippen LogP contribution is -2.19. The number of carbonyl (C=O) groups is 1. The van der Waals surface area contributed by atoms with E-state index < -0.39 is 5.82 Å². The van der Waals surface area contributed by atoms with E-state index in [0.29, 0.717) is 21.3 Å². The van der Waals surface area contributed by atoms with Crippen LogP contribution in [0.4, 0.5) is 9.52 Å². The highest BCUT2D eigenvalue weighted by Gasteiger charge is 2.11. The highest BCUT2D eigenvalue weighted by atomic mass is 32.1. The molecule has 7 heteroatoms. The predicted octanol–water partition coefficient (Wildman–Crippen LogP) is 3.46. The molecule has 0 saturated carbocycles. The topological polar surface area (TPSA) is 60.5 Å². The molecular formula is C16H13FN2O3S. The van der Waals surface area contributed by atoms with Crippen molar-refractivity contribution in [2.75, 3.05) is 19.0 Å². The molecule has 1 heterocycles. The Kier molecular flexibility index (Phi) is 4.38. The predicted molar refractivity (Wildman–Crippen MR) is 86.7 cm³/mol. The minimum absolute atomic E-state index is 0.162. The molecule has 0 spiro atoms. The van der Waals surface area contributed by atoms with E-state index in [-0.39, 0.29) is 18.0 Å². The summed E-state index contributed by atoms with van der Waals surface area (Å²) in [5, 5.41) is 2.94. The molecule has 3 aromatic rings. The van der Waals surface area contributed by atoms with E-state index in [1.54, 1.807) is 43.5 Å². The molecule has 0 atom stereocenters. The Morgan fingerprint density at radius 2 is 1.96 bits per heavy atom. The number of nitrogens with one attached hydrogen (secondary N) is 1. The number of thiazole rings is 1. The number of nitrogens with zero attached hydrogens (tertiary/aromatic N) is 1. The van der Waals surface area contributed by atoms with Crippen LogP contribution in [0.1, 0.15) is 0 Å². The Hall–Kier alpha value is -2.67. The number of hydrogen-bond acceptors (Lipinski definition) is 5. The molecule has 3 rings (SSSR count). The van der Waals surface area contributed by atoms with Crippen molar-refractivity contribution in [3.05, 3.63) is 48.3 Å². The molecule has 0 radical (unpaired) electrons. The number of ether oxygens (including phenoxy) is 2. The average Bonchev–Trinajstić information content (AvgIpc) is 2.97. The Balaban J connectivity index is 1.60. The third-order valence-corrected chi connectivity index (χ3v) is 3.98. The molecule has 0 bridgehead atoms. The lowest BCUT2D eigenvalue weighted by atomic mass is 10.3. The highest BCUT2D eigenvalue weighted by Crippen LogP contribution is 2.27. The van der Waals surface area contributed by atoms with Crippen LogP contribution in [0, 0.1) is 5.82 Å². The fraction of sp³-hybridized carbons (Fsp3) is 0.125. The summed E-state index contributed by atoms with van der Waals surface area (Å²) in [5.74, 6) is 0.489. The number of aromatic nitrogens is 1. The van der Waals surface area contributed by atoms with Crippen LogP contribution in [-0.4, -0.2) is 24.6 Å². The Labute approximate surface area is 135 Å². The molecule has 0 fully saturated rings. The third kappa shape index (κ3) is 3.57. The molecule has 0 unspecified atom stereocenters. The van der Waals surface area contributed by atoms with Gasteiger partial charge in [0, 0.05) is 0 Å². The van der Waals surface area contributed by atoms with Gasteiger partial charge in [-0.15, -0.1) is 0 Å². The summed E-state index contributed by atoms with van der Waals surface area (Å²) in [6, 6.07) is 11.6. The van der Waals surface area contributed by atoms with Crippen LogP contribution in [0.15, 0.2) is 42.5 Å². The van der Waals surface area contributed by atoms with Crippen LogP contribution in [0.5, 0.6) is 11.5 Å². The maximum absolute atomic E-state index is 13.6. The molecule has 1 aromatic heterocycles. The molecule has 5 nitrogen and oxygen atoms in total. The van der Waals surface area contributed by atoms with Crippen molar-refractivity contribution in [2.45, 2.75) is 0 Å². The standard InChI is InChI=1S/C16H13FN2O3S/c1-21-10-5-7-11(8-6-10)22-9-14(20)18-16-19-15-12(17)3-2-4-13(15)23-16/h2-8H,9H2,1H3,(H,18,19,20). The number of para-hydroxylation sites is 1. The summed E-state index contributed by atoms with van der Waals surface area (Å²) in [4.78, 5) is 16.0. The van der Waals surface area contributed by atoms with Gasteiger partial charge in [-0.05, 0) is 36.4 Å². The summed E-state index contributed by atoms with van der Waals surface area (Å²) in [5.41, 5.74) is 0.254. The van der Waals surface area contributed by atoms with E-state index >= 15 is 0 Å². The fourth-order valence-electron chi connectivity index (χ4n) is 1.94. The van der Waals surface area contributed by atoms with Gasteiger partial charge in [0.25, 0.3) is 5.91 Å². The number of carbonyl (C=O) groups excluding carboxylic acids is 1. The van der Waals surface area contributed by atoms with Gasteiger partial charge >= 0.3 is 0 Å². The minimum Gasteiger partial charge on any atom is -0.497 e. The third-order valence-electron chi connectivity index (χ3n) is 3.05. The first-order valence-corrected chi connectivity index (χ1v) is 7.59. The molecule has 2 aromatic carbocycles. The van der Waals surface area contributed by atoms with Gasteiger partial charge in [-0.2, -0.15) is 0 Å². The molecular weight excluding hydrogens is 319 g/mol. The smallest absolute Gasteiger partial charge is 0.264 e. The van der Waals surface area contributed by atoms with Crippen molar-refractivity contribution in [3.8, 4) is 11.5 Å². The number of fused-ring (bicyclic) bond motifs is 1. The number of amides is 1. The first-order chi connectivity index (χ1) is 11.2. The van der Waals surface area contributed by atoms with Gasteiger partial charge in [0.2, 0.25) is 0 Å². The summed E-state index contributed by atoms with van der Waals surface area (Å²) < 4.78 is 24.7. The zero-order valence-electron chi connectivity index (χ0n) is 12.2. The molecule has 0 aliphatic rings. The lowest BCUT2D eigenvalue weighted by molar-refractivity contribution is -0.118. The molecule has 1 N–H and O–H groups in total. The van der Waals surface area contributed by atoms with Gasteiger partial charge in [0.05, 0.1) is 11.8 Å². The van der Waals surface area contributed by atoms with E-state index in [4.69, 9.17) is 9.47 Å². The first kappa shape index (κ1) is 15.2. The van der Waals surface area contributed by atoms with Crippen molar-refractivity contribution in [2.24, 2.45) is 0 Å². The summed E-state index contributed by atoms with van der Waals surface area (Å²) in [6.07, 6.45) is 0. The quantitative estimate of drug-likeness (QED) is 0.777. The summed E-state index contributed by atoms with van der Waals surface area (Å²) >= 11 is 1.21. The number of rotatable bonds is 5. The van der Waals surface area contributed by atoms with Crippen molar-refractivity contribution in [1.82, 2.24) is 4.98 Å². The van der Waals surface area contributed by atoms with Gasteiger partial charge in [0.1, 0.15) is 22.8 Å². The monoisotopic (exact) mass is 332 g/mol. The van der Waals surface area contributed by atoms with E-state index in [0.717, 1.165) is 0 Å². The van der Waals surface area contributed by atoms with Crippen molar-refractivity contribution >= 4 is 32.6 Å². The van der Waals surface area contributed by atoms with E-state index in [2.05, 4.69) is 10.3 Å². The van der Waals surface area contributed by atoms with Gasteiger partial charge < -0.3 is 9.47 Å². The average molecular weight is 332 g/mol. The van der Waals surface area contributed by atoms with E-state index in [1.165, 1.54) is 17.4 Å². The summed E-state index contributed by atoms with van der Waals surface area (Å²) in [7, 11) is 1.57. The molecule has 118 valence electrons. The second kappa shape index (κ2) is 6.62. The lowest BCUT2D eigenvalue weighted by Gasteiger charge is -2.06. The minimum atomic E-state index is -0.409. The molecule has 0 aliphatic carbocycles. The molecule has 0 aliphatic heterocycles. The number of methoxy groups -OCH3 is 1. The van der Waals surface area contributed by atoms with E-state index in [1.807, 2.05) is 0 Å². The number of hydrogen-bond donors (Lipinski definition) is 1. The molecule has 0 saturated heterocycles. The van der Waals surface area contributed by atoms with Crippen molar-refractivity contribution in [3.63, 3.8) is 0 Å². The van der Waals surface area contributed by atoms with Gasteiger partial charge in [-0.1, -0.05) is 17.4 Å². The SMILES string of the molecule is COc1ccc(OCC(=O)Nc2nc3c(F)cccc3s2)cc1. The van der Waals surface area contributed by atoms with Gasteiger partial charge in [-0.25, -0.2) is 9.37 Å². The maximum atomic E-state index is 13.6. The Morgan fingerprint density at radius 3 is 2.65 bits per heavy atom. The molecule has 23 heavy (non-hydrogen) atoms. The largest absolute Gasteiger partial charge is 0.497 e. The fourth-order valence-corrected chi connectivity index (χ4v) is 2.84. The highest BCUT2D eigenvalue weighted by molar-refractivity contribution is 7.22. The zero-order valence-corrected chi connectivity index (χ0v) is 13.0. The normalized spacial score (nSPS) is 10.5. The number of halogens is 1. The van der Waals surface area contributed by atoms with Crippen LogP contribution in [-0.2, 0) is 4.79 Å². The zero-order chi connectivity index (χ0) is 16.2. The maximum Gasteiger partial charge on any atom is 0.264 e. The van der Waals surface area contributed by atoms with Crippen molar-refractivity contribution in [1.29, 1.82) is 0 Å². The number of anilines is 1. The Bertz CT molecular complexity index is 833. The Morgan fingerprint density at radius 1 is 1.22 bits per heavy atom. The van der Waals surface area contributed by atoms with Crippen LogP contribution < -0.4 is 14.8 Å². The summed E-state index contributed by atoms with van der Waals surface area (Å²) in [6.45, 7) is -0.162. The second-order valence-corrected chi connectivity index (χ2v) is 5.65.